The SMILES string of the molecule is CN1CCC(c2csc(C(=O)O)n2)C1. The van der Waals surface area contributed by atoms with Crippen molar-refractivity contribution in [3.63, 3.8) is 0 Å². The highest BCUT2D eigenvalue weighted by atomic mass is 32.1. The van der Waals surface area contributed by atoms with E-state index in [4.69, 9.17) is 5.11 Å². The summed E-state index contributed by atoms with van der Waals surface area (Å²) < 4.78 is 0. The Morgan fingerprint density at radius 1 is 1.79 bits per heavy atom. The number of aromatic nitrogens is 1. The van der Waals surface area contributed by atoms with Crippen LogP contribution in [0.1, 0.15) is 27.8 Å². The first-order valence-corrected chi connectivity index (χ1v) is 5.42. The molecule has 0 aliphatic carbocycles. The average molecular weight is 212 g/mol. The standard InChI is InChI=1S/C9H12N2O2S/c1-11-3-2-6(4-11)7-5-14-8(10-7)9(12)13/h5-6H,2-4H2,1H3,(H,12,13). The van der Waals surface area contributed by atoms with Gasteiger partial charge in [0.25, 0.3) is 0 Å². The number of rotatable bonds is 2. The molecule has 1 saturated heterocycles. The second-order valence-corrected chi connectivity index (χ2v) is 4.49. The number of carboxylic acid groups (broad SMARTS) is 1. The minimum atomic E-state index is -0.924. The highest BCUT2D eigenvalue weighted by Crippen LogP contribution is 2.27. The van der Waals surface area contributed by atoms with Crippen molar-refractivity contribution in [3.05, 3.63) is 16.1 Å². The van der Waals surface area contributed by atoms with Crippen molar-refractivity contribution in [3.8, 4) is 0 Å². The van der Waals surface area contributed by atoms with E-state index in [2.05, 4.69) is 16.9 Å². The Kier molecular flexibility index (Phi) is 2.52. The number of carboxylic acids is 1. The quantitative estimate of drug-likeness (QED) is 0.802. The number of likely N-dealkylation sites (N-methyl/N-ethyl adjacent to an activating group) is 1. The van der Waals surface area contributed by atoms with Gasteiger partial charge in [0.2, 0.25) is 5.01 Å². The predicted octanol–water partition coefficient (Wildman–Crippen LogP) is 1.26. The lowest BCUT2D eigenvalue weighted by molar-refractivity contribution is 0.0696. The number of hydrogen-bond acceptors (Lipinski definition) is 4. The molecule has 1 aliphatic rings. The maximum Gasteiger partial charge on any atom is 0.365 e. The molecule has 4 nitrogen and oxygen atoms in total. The molecule has 0 spiro atoms. The number of thiazole rings is 1. The lowest BCUT2D eigenvalue weighted by Crippen LogP contribution is -2.13. The number of nitrogens with zero attached hydrogens (tertiary/aromatic N) is 2. The molecule has 1 fully saturated rings. The Balaban J connectivity index is 2.13. The molecule has 5 heteroatoms. The van der Waals surface area contributed by atoms with Gasteiger partial charge in [0.1, 0.15) is 0 Å². The van der Waals surface area contributed by atoms with Gasteiger partial charge in [-0.3, -0.25) is 0 Å². The Bertz CT molecular complexity index is 350. The average Bonchev–Trinajstić information content (AvgIpc) is 2.70. The third-order valence-corrected chi connectivity index (χ3v) is 3.36. The van der Waals surface area contributed by atoms with E-state index in [1.165, 1.54) is 11.3 Å². The number of hydrogen-bond donors (Lipinski definition) is 1. The summed E-state index contributed by atoms with van der Waals surface area (Å²) in [7, 11) is 2.07. The predicted molar refractivity (Wildman–Crippen MR) is 53.9 cm³/mol. The lowest BCUT2D eigenvalue weighted by Gasteiger charge is -2.06. The minimum absolute atomic E-state index is 0.203. The number of carbonyl (C=O) groups is 1. The van der Waals surface area contributed by atoms with Gasteiger partial charge in [0, 0.05) is 17.8 Å². The molecular formula is C9H12N2O2S. The molecular weight excluding hydrogens is 200 g/mol. The van der Waals surface area contributed by atoms with Crippen molar-refractivity contribution >= 4 is 17.3 Å². The zero-order valence-electron chi connectivity index (χ0n) is 7.93. The van der Waals surface area contributed by atoms with Crippen LogP contribution in [0.5, 0.6) is 0 Å². The van der Waals surface area contributed by atoms with Gasteiger partial charge in [-0.15, -0.1) is 11.3 Å². The Morgan fingerprint density at radius 3 is 3.07 bits per heavy atom. The molecule has 0 bridgehead atoms. The van der Waals surface area contributed by atoms with Gasteiger partial charge < -0.3 is 10.0 Å². The Hall–Kier alpha value is -0.940. The van der Waals surface area contributed by atoms with Crippen molar-refractivity contribution in [2.24, 2.45) is 0 Å². The smallest absolute Gasteiger partial charge is 0.365 e. The zero-order chi connectivity index (χ0) is 10.1. The Labute approximate surface area is 86.2 Å². The summed E-state index contributed by atoms with van der Waals surface area (Å²) in [5, 5.41) is 10.8. The second kappa shape index (κ2) is 3.67. The summed E-state index contributed by atoms with van der Waals surface area (Å²) in [5.41, 5.74) is 0.941. The van der Waals surface area contributed by atoms with E-state index < -0.39 is 5.97 Å². The third kappa shape index (κ3) is 1.78. The third-order valence-electron chi connectivity index (χ3n) is 2.51. The van der Waals surface area contributed by atoms with Crippen LogP contribution in [0.3, 0.4) is 0 Å². The summed E-state index contributed by atoms with van der Waals surface area (Å²) >= 11 is 1.22. The van der Waals surface area contributed by atoms with Crippen molar-refractivity contribution in [2.45, 2.75) is 12.3 Å². The first-order chi connectivity index (χ1) is 6.66. The largest absolute Gasteiger partial charge is 0.476 e. The van der Waals surface area contributed by atoms with E-state index in [9.17, 15) is 4.79 Å². The lowest BCUT2D eigenvalue weighted by atomic mass is 10.1. The normalized spacial score (nSPS) is 22.8. The molecule has 0 aromatic carbocycles. The van der Waals surface area contributed by atoms with E-state index >= 15 is 0 Å². The molecule has 2 heterocycles. The summed E-state index contributed by atoms with van der Waals surface area (Å²) in [6, 6.07) is 0. The highest BCUT2D eigenvalue weighted by molar-refractivity contribution is 7.11. The van der Waals surface area contributed by atoms with Crippen LogP contribution >= 0.6 is 11.3 Å². The van der Waals surface area contributed by atoms with Crippen LogP contribution in [-0.4, -0.2) is 41.1 Å². The van der Waals surface area contributed by atoms with Gasteiger partial charge in [0.15, 0.2) is 0 Å². The van der Waals surface area contributed by atoms with E-state index in [1.807, 2.05) is 5.38 Å². The molecule has 1 atom stereocenters. The van der Waals surface area contributed by atoms with Crippen LogP contribution in [-0.2, 0) is 0 Å². The van der Waals surface area contributed by atoms with Gasteiger partial charge in [-0.2, -0.15) is 0 Å². The van der Waals surface area contributed by atoms with Crippen molar-refractivity contribution in [1.82, 2.24) is 9.88 Å². The Morgan fingerprint density at radius 2 is 2.57 bits per heavy atom. The topological polar surface area (TPSA) is 53.4 Å². The van der Waals surface area contributed by atoms with E-state index in [0.29, 0.717) is 5.92 Å². The molecule has 0 saturated carbocycles. The molecule has 2 rings (SSSR count). The van der Waals surface area contributed by atoms with Crippen LogP contribution in [0.2, 0.25) is 0 Å². The zero-order valence-corrected chi connectivity index (χ0v) is 8.75. The highest BCUT2D eigenvalue weighted by Gasteiger charge is 2.24. The van der Waals surface area contributed by atoms with Crippen molar-refractivity contribution < 1.29 is 9.90 Å². The fourth-order valence-corrected chi connectivity index (χ4v) is 2.48. The fraction of sp³-hybridized carbons (Fsp3) is 0.556. The summed E-state index contributed by atoms with van der Waals surface area (Å²) in [4.78, 5) is 17.0. The van der Waals surface area contributed by atoms with Gasteiger partial charge in [-0.25, -0.2) is 9.78 Å². The maximum atomic E-state index is 10.6. The van der Waals surface area contributed by atoms with Crippen LogP contribution in [0, 0.1) is 0 Å². The van der Waals surface area contributed by atoms with Gasteiger partial charge >= 0.3 is 5.97 Å². The maximum absolute atomic E-state index is 10.6. The van der Waals surface area contributed by atoms with E-state index in [-0.39, 0.29) is 5.01 Å². The molecule has 1 aliphatic heterocycles. The number of aromatic carboxylic acids is 1. The monoisotopic (exact) mass is 212 g/mol. The molecule has 1 aromatic rings. The molecule has 76 valence electrons. The van der Waals surface area contributed by atoms with Gasteiger partial charge in [-0.05, 0) is 20.0 Å². The van der Waals surface area contributed by atoms with E-state index in [0.717, 1.165) is 25.2 Å². The fourth-order valence-electron chi connectivity index (χ4n) is 1.75. The first kappa shape index (κ1) is 9.61. The van der Waals surface area contributed by atoms with E-state index in [1.54, 1.807) is 0 Å². The molecule has 14 heavy (non-hydrogen) atoms. The summed E-state index contributed by atoms with van der Waals surface area (Å²) in [6.45, 7) is 2.06. The van der Waals surface area contributed by atoms with Crippen molar-refractivity contribution in [1.29, 1.82) is 0 Å². The van der Waals surface area contributed by atoms with Crippen LogP contribution in [0.15, 0.2) is 5.38 Å². The summed E-state index contributed by atoms with van der Waals surface area (Å²) in [5.74, 6) is -0.503. The first-order valence-electron chi connectivity index (χ1n) is 4.54. The molecule has 1 N–H and O–H groups in total. The van der Waals surface area contributed by atoms with Crippen LogP contribution < -0.4 is 0 Å². The molecule has 0 radical (unpaired) electrons. The second-order valence-electron chi connectivity index (χ2n) is 3.63. The molecule has 0 amide bonds. The minimum Gasteiger partial charge on any atom is -0.476 e. The van der Waals surface area contributed by atoms with Crippen LogP contribution in [0.4, 0.5) is 0 Å². The van der Waals surface area contributed by atoms with Crippen LogP contribution in [0.25, 0.3) is 0 Å². The summed E-state index contributed by atoms with van der Waals surface area (Å²) in [6.07, 6.45) is 1.08. The molecule has 1 unspecified atom stereocenters. The molecule has 1 aromatic heterocycles. The number of likely N-dealkylation sites (tertiary alicyclic amines) is 1. The van der Waals surface area contributed by atoms with Gasteiger partial charge in [-0.1, -0.05) is 0 Å². The van der Waals surface area contributed by atoms with Gasteiger partial charge in [0.05, 0.1) is 5.69 Å². The van der Waals surface area contributed by atoms with Crippen molar-refractivity contribution in [2.75, 3.05) is 20.1 Å².